The summed E-state index contributed by atoms with van der Waals surface area (Å²) in [6.07, 6.45) is 2.93. The van der Waals surface area contributed by atoms with Crippen molar-refractivity contribution in [2.45, 2.75) is 20.8 Å². The van der Waals surface area contributed by atoms with Crippen LogP contribution < -0.4 is 0 Å². The molecule has 0 atom stereocenters. The molecule has 0 unspecified atom stereocenters. The fourth-order valence-electron chi connectivity index (χ4n) is 1.10. The van der Waals surface area contributed by atoms with Gasteiger partial charge in [0.2, 0.25) is 0 Å². The van der Waals surface area contributed by atoms with Gasteiger partial charge in [-0.25, -0.2) is 14.8 Å². The van der Waals surface area contributed by atoms with Crippen LogP contribution in [-0.2, 0) is 4.74 Å². The number of aromatic nitrogens is 2. The van der Waals surface area contributed by atoms with Crippen molar-refractivity contribution >= 4 is 12.0 Å². The predicted molar refractivity (Wildman–Crippen MR) is 59.1 cm³/mol. The molecule has 0 saturated carbocycles. The molecule has 0 aliphatic heterocycles. The smallest absolute Gasteiger partial charge is 0.356 e. The number of nitrogens with zero attached hydrogens (tertiary/aromatic N) is 2. The number of hydrogen-bond acceptors (Lipinski definition) is 4. The molecule has 1 aromatic rings. The summed E-state index contributed by atoms with van der Waals surface area (Å²) < 4.78 is 5.00. The Morgan fingerprint density at radius 1 is 1.38 bits per heavy atom. The van der Waals surface area contributed by atoms with Gasteiger partial charge in [-0.1, -0.05) is 0 Å². The van der Waals surface area contributed by atoms with Gasteiger partial charge in [0.1, 0.15) is 0 Å². The lowest BCUT2D eigenvalue weighted by molar-refractivity contribution is 0.0689. The molecule has 0 aliphatic rings. The average molecular weight is 222 g/mol. The maximum atomic E-state index is 10.9. The maximum Gasteiger partial charge on any atom is 0.356 e. The van der Waals surface area contributed by atoms with Crippen LogP contribution in [0.1, 0.15) is 34.5 Å². The van der Waals surface area contributed by atoms with E-state index >= 15 is 0 Å². The molecule has 1 N–H and O–H groups in total. The number of rotatable bonds is 4. The third kappa shape index (κ3) is 2.79. The SMILES string of the molecule is CCO/C=C/c1nc(C)c(C)nc1C(=O)O. The summed E-state index contributed by atoms with van der Waals surface area (Å²) in [5.41, 5.74) is 1.58. The minimum atomic E-state index is -1.09. The quantitative estimate of drug-likeness (QED) is 0.786. The Hall–Kier alpha value is -1.91. The topological polar surface area (TPSA) is 72.3 Å². The van der Waals surface area contributed by atoms with Crippen LogP contribution in [0.4, 0.5) is 0 Å². The minimum absolute atomic E-state index is 0.0564. The Balaban J connectivity index is 3.14. The summed E-state index contributed by atoms with van der Waals surface area (Å²) in [6, 6.07) is 0. The Labute approximate surface area is 93.8 Å². The number of aromatic carboxylic acids is 1. The molecule has 0 spiro atoms. The highest BCUT2D eigenvalue weighted by Gasteiger charge is 2.13. The first-order chi connectivity index (χ1) is 7.56. The van der Waals surface area contributed by atoms with Crippen molar-refractivity contribution in [2.75, 3.05) is 6.61 Å². The summed E-state index contributed by atoms with van der Waals surface area (Å²) in [7, 11) is 0. The molecular formula is C11H14N2O3. The van der Waals surface area contributed by atoms with Gasteiger partial charge in [0.05, 0.1) is 30.0 Å². The largest absolute Gasteiger partial charge is 0.501 e. The van der Waals surface area contributed by atoms with E-state index in [1.54, 1.807) is 13.8 Å². The number of aryl methyl sites for hydroxylation is 2. The molecule has 0 bridgehead atoms. The van der Waals surface area contributed by atoms with Crippen molar-refractivity contribution in [1.82, 2.24) is 9.97 Å². The first kappa shape index (κ1) is 12.2. The lowest BCUT2D eigenvalue weighted by Crippen LogP contribution is -2.08. The highest BCUT2D eigenvalue weighted by atomic mass is 16.5. The summed E-state index contributed by atoms with van der Waals surface area (Å²) >= 11 is 0. The van der Waals surface area contributed by atoms with Gasteiger partial charge in [-0.3, -0.25) is 0 Å². The van der Waals surface area contributed by atoms with Crippen molar-refractivity contribution < 1.29 is 14.6 Å². The van der Waals surface area contributed by atoms with Gasteiger partial charge in [0.15, 0.2) is 5.69 Å². The van der Waals surface area contributed by atoms with Crippen LogP contribution in [0.5, 0.6) is 0 Å². The van der Waals surface area contributed by atoms with Crippen LogP contribution in [0.2, 0.25) is 0 Å². The van der Waals surface area contributed by atoms with Crippen LogP contribution in [0.3, 0.4) is 0 Å². The summed E-state index contributed by atoms with van der Waals surface area (Å²) in [5.74, 6) is -1.09. The standard InChI is InChI=1S/C11H14N2O3/c1-4-16-6-5-9-10(11(14)15)13-8(3)7(2)12-9/h5-6H,4H2,1-3H3,(H,14,15)/b6-5+. The molecular weight excluding hydrogens is 208 g/mol. The Morgan fingerprint density at radius 2 is 2.00 bits per heavy atom. The first-order valence-corrected chi connectivity index (χ1v) is 4.93. The van der Waals surface area contributed by atoms with Gasteiger partial charge in [0, 0.05) is 6.08 Å². The van der Waals surface area contributed by atoms with Gasteiger partial charge in [0.25, 0.3) is 0 Å². The van der Waals surface area contributed by atoms with Crippen molar-refractivity contribution in [3.05, 3.63) is 29.0 Å². The van der Waals surface area contributed by atoms with Crippen molar-refractivity contribution in [3.63, 3.8) is 0 Å². The van der Waals surface area contributed by atoms with Gasteiger partial charge >= 0.3 is 5.97 Å². The van der Waals surface area contributed by atoms with E-state index in [1.807, 2.05) is 6.92 Å². The molecule has 5 heteroatoms. The molecule has 86 valence electrons. The summed E-state index contributed by atoms with van der Waals surface area (Å²) in [5, 5.41) is 8.96. The van der Waals surface area contributed by atoms with Gasteiger partial charge < -0.3 is 9.84 Å². The van der Waals surface area contributed by atoms with Crippen LogP contribution in [0.15, 0.2) is 6.26 Å². The van der Waals surface area contributed by atoms with Gasteiger partial charge in [-0.2, -0.15) is 0 Å². The Kier molecular flexibility index (Phi) is 3.99. The number of carboxylic acids is 1. The lowest BCUT2D eigenvalue weighted by Gasteiger charge is -2.04. The highest BCUT2D eigenvalue weighted by molar-refractivity contribution is 5.89. The highest BCUT2D eigenvalue weighted by Crippen LogP contribution is 2.10. The predicted octanol–water partition coefficient (Wildman–Crippen LogP) is 1.80. The van der Waals surface area contributed by atoms with Crippen LogP contribution >= 0.6 is 0 Å². The fraction of sp³-hybridized carbons (Fsp3) is 0.364. The van der Waals surface area contributed by atoms with E-state index in [-0.39, 0.29) is 5.69 Å². The first-order valence-electron chi connectivity index (χ1n) is 4.93. The van der Waals surface area contributed by atoms with E-state index in [4.69, 9.17) is 9.84 Å². The molecule has 16 heavy (non-hydrogen) atoms. The van der Waals surface area contributed by atoms with Crippen LogP contribution in [0.25, 0.3) is 6.08 Å². The average Bonchev–Trinajstić information content (AvgIpc) is 2.23. The normalized spacial score (nSPS) is 10.7. The monoisotopic (exact) mass is 222 g/mol. The molecule has 0 saturated heterocycles. The van der Waals surface area contributed by atoms with Gasteiger partial charge in [-0.05, 0) is 20.8 Å². The van der Waals surface area contributed by atoms with E-state index in [0.717, 1.165) is 0 Å². The number of carbonyl (C=O) groups is 1. The second-order valence-electron chi connectivity index (χ2n) is 3.19. The van der Waals surface area contributed by atoms with Crippen molar-refractivity contribution in [2.24, 2.45) is 0 Å². The van der Waals surface area contributed by atoms with Gasteiger partial charge in [-0.15, -0.1) is 0 Å². The van der Waals surface area contributed by atoms with E-state index in [2.05, 4.69) is 9.97 Å². The zero-order chi connectivity index (χ0) is 12.1. The fourth-order valence-corrected chi connectivity index (χ4v) is 1.10. The third-order valence-corrected chi connectivity index (χ3v) is 2.03. The molecule has 0 amide bonds. The third-order valence-electron chi connectivity index (χ3n) is 2.03. The Bertz CT molecular complexity index is 427. The molecule has 0 radical (unpaired) electrons. The maximum absolute atomic E-state index is 10.9. The second kappa shape index (κ2) is 5.25. The van der Waals surface area contributed by atoms with Crippen LogP contribution in [-0.4, -0.2) is 27.7 Å². The molecule has 1 aromatic heterocycles. The number of hydrogen-bond donors (Lipinski definition) is 1. The van der Waals surface area contributed by atoms with E-state index in [9.17, 15) is 4.79 Å². The number of ether oxygens (including phenoxy) is 1. The molecule has 0 aromatic carbocycles. The van der Waals surface area contributed by atoms with Crippen LogP contribution in [0, 0.1) is 13.8 Å². The molecule has 1 rings (SSSR count). The second-order valence-corrected chi connectivity index (χ2v) is 3.19. The zero-order valence-corrected chi connectivity index (χ0v) is 9.52. The van der Waals surface area contributed by atoms with E-state index < -0.39 is 5.97 Å². The molecule has 5 nitrogen and oxygen atoms in total. The number of carboxylic acid groups (broad SMARTS) is 1. The molecule has 0 aliphatic carbocycles. The minimum Gasteiger partial charge on any atom is -0.501 e. The lowest BCUT2D eigenvalue weighted by atomic mass is 10.2. The van der Waals surface area contributed by atoms with E-state index in [0.29, 0.717) is 23.7 Å². The van der Waals surface area contributed by atoms with Crippen molar-refractivity contribution in [1.29, 1.82) is 0 Å². The molecule has 0 fully saturated rings. The molecule has 1 heterocycles. The zero-order valence-electron chi connectivity index (χ0n) is 9.52. The van der Waals surface area contributed by atoms with Crippen molar-refractivity contribution in [3.8, 4) is 0 Å². The Morgan fingerprint density at radius 3 is 2.56 bits per heavy atom. The summed E-state index contributed by atoms with van der Waals surface area (Å²) in [6.45, 7) is 5.88. The summed E-state index contributed by atoms with van der Waals surface area (Å²) in [4.78, 5) is 19.1. The van der Waals surface area contributed by atoms with E-state index in [1.165, 1.54) is 12.3 Å².